The summed E-state index contributed by atoms with van der Waals surface area (Å²) < 4.78 is 0. The number of aromatic nitrogens is 3. The van der Waals surface area contributed by atoms with Crippen molar-refractivity contribution in [3.63, 3.8) is 0 Å². The van der Waals surface area contributed by atoms with Gasteiger partial charge in [0.25, 0.3) is 0 Å². The van der Waals surface area contributed by atoms with Crippen molar-refractivity contribution < 1.29 is 0 Å². The molecule has 0 spiro atoms. The summed E-state index contributed by atoms with van der Waals surface area (Å²) in [6, 6.07) is 28.0. The van der Waals surface area contributed by atoms with Gasteiger partial charge in [-0.1, -0.05) is 48.5 Å². The van der Waals surface area contributed by atoms with E-state index in [9.17, 15) is 0 Å². The summed E-state index contributed by atoms with van der Waals surface area (Å²) in [4.78, 5) is 0. The van der Waals surface area contributed by atoms with E-state index in [-0.39, 0.29) is 0 Å². The van der Waals surface area contributed by atoms with Crippen LogP contribution in [0.5, 0.6) is 0 Å². The molecule has 0 aliphatic heterocycles. The molecule has 3 aromatic carbocycles. The molecule has 0 bridgehead atoms. The van der Waals surface area contributed by atoms with Gasteiger partial charge in [0.2, 0.25) is 0 Å². The van der Waals surface area contributed by atoms with Crippen LogP contribution in [-0.2, 0) is 0 Å². The summed E-state index contributed by atoms with van der Waals surface area (Å²) in [5, 5.41) is 16.9. The monoisotopic (exact) mass is 317 g/mol. The van der Waals surface area contributed by atoms with Crippen molar-refractivity contribution in [2.45, 2.75) is 0 Å². The van der Waals surface area contributed by atoms with E-state index in [0.717, 1.165) is 29.1 Å². The zero-order valence-electron chi connectivity index (χ0n) is 13.2. The first-order valence-corrected chi connectivity index (χ1v) is 7.75. The molecular formula is C19H19N5. The van der Waals surface area contributed by atoms with Crippen LogP contribution < -0.4 is 10.6 Å². The van der Waals surface area contributed by atoms with E-state index in [4.69, 9.17) is 0 Å². The SMILES string of the molecule is c1ccc(NCNc2ccccc2)cc1.c1ccc2n[nH]nc2c1. The lowest BCUT2D eigenvalue weighted by Gasteiger charge is -2.08. The summed E-state index contributed by atoms with van der Waals surface area (Å²) in [6.45, 7) is 0.730. The van der Waals surface area contributed by atoms with Crippen LogP contribution in [0, 0.1) is 0 Å². The van der Waals surface area contributed by atoms with Crippen molar-refractivity contribution in [2.24, 2.45) is 0 Å². The van der Waals surface area contributed by atoms with Gasteiger partial charge in [-0.25, -0.2) is 0 Å². The Morgan fingerprint density at radius 3 is 1.46 bits per heavy atom. The molecule has 0 atom stereocenters. The Labute approximate surface area is 140 Å². The van der Waals surface area contributed by atoms with Crippen LogP contribution in [0.1, 0.15) is 0 Å². The van der Waals surface area contributed by atoms with E-state index in [1.54, 1.807) is 0 Å². The van der Waals surface area contributed by atoms with Crippen LogP contribution in [0.2, 0.25) is 0 Å². The summed E-state index contributed by atoms with van der Waals surface area (Å²) >= 11 is 0. The third-order valence-electron chi connectivity index (χ3n) is 3.36. The molecule has 0 aliphatic carbocycles. The molecule has 0 saturated heterocycles. The molecule has 3 N–H and O–H groups in total. The third-order valence-corrected chi connectivity index (χ3v) is 3.36. The van der Waals surface area contributed by atoms with E-state index in [2.05, 4.69) is 26.0 Å². The van der Waals surface area contributed by atoms with Crippen LogP contribution in [0.15, 0.2) is 84.9 Å². The Balaban J connectivity index is 0.000000159. The Bertz CT molecular complexity index is 773. The van der Waals surface area contributed by atoms with Crippen molar-refractivity contribution >= 4 is 22.4 Å². The Morgan fingerprint density at radius 1 is 0.583 bits per heavy atom. The molecular weight excluding hydrogens is 298 g/mol. The number of nitrogens with zero attached hydrogens (tertiary/aromatic N) is 2. The maximum absolute atomic E-state index is 3.88. The second-order valence-electron chi connectivity index (χ2n) is 5.07. The molecule has 5 heteroatoms. The maximum atomic E-state index is 3.88. The summed E-state index contributed by atoms with van der Waals surface area (Å²) in [6.07, 6.45) is 0. The van der Waals surface area contributed by atoms with Crippen molar-refractivity contribution in [1.29, 1.82) is 0 Å². The quantitative estimate of drug-likeness (QED) is 0.495. The van der Waals surface area contributed by atoms with Crippen LogP contribution >= 0.6 is 0 Å². The molecule has 1 aromatic heterocycles. The number of aromatic amines is 1. The topological polar surface area (TPSA) is 65.6 Å². The standard InChI is InChI=1S/C13H14N2.C6H5N3/c1-3-7-12(8-4-1)14-11-15-13-9-5-2-6-10-13;1-2-4-6-5(3-1)7-9-8-6/h1-10,14-15H,11H2;1-4H,(H,7,8,9). The fraction of sp³-hybridized carbons (Fsp3) is 0.0526. The number of hydrogen-bond acceptors (Lipinski definition) is 4. The Kier molecular flexibility index (Phi) is 5.40. The van der Waals surface area contributed by atoms with E-state index < -0.39 is 0 Å². The van der Waals surface area contributed by atoms with Gasteiger partial charge in [-0.05, 0) is 36.4 Å². The average Bonchev–Trinajstić information content (AvgIpc) is 3.13. The number of anilines is 2. The van der Waals surface area contributed by atoms with Crippen molar-refractivity contribution in [2.75, 3.05) is 17.3 Å². The van der Waals surface area contributed by atoms with Gasteiger partial charge in [-0.2, -0.15) is 15.4 Å². The van der Waals surface area contributed by atoms with Crippen LogP contribution in [0.3, 0.4) is 0 Å². The highest BCUT2D eigenvalue weighted by atomic mass is 15.3. The summed E-state index contributed by atoms with van der Waals surface area (Å²) in [5.41, 5.74) is 4.08. The first kappa shape index (κ1) is 15.6. The van der Waals surface area contributed by atoms with Crippen molar-refractivity contribution in [3.8, 4) is 0 Å². The largest absolute Gasteiger partial charge is 0.368 e. The third kappa shape index (κ3) is 4.58. The lowest BCUT2D eigenvalue weighted by Crippen LogP contribution is -2.11. The molecule has 0 saturated carbocycles. The number of fused-ring (bicyclic) bond motifs is 1. The minimum atomic E-state index is 0.730. The highest BCUT2D eigenvalue weighted by Crippen LogP contribution is 2.07. The van der Waals surface area contributed by atoms with Crippen molar-refractivity contribution in [1.82, 2.24) is 15.4 Å². The molecule has 0 radical (unpaired) electrons. The Hall–Kier alpha value is -3.34. The molecule has 0 unspecified atom stereocenters. The average molecular weight is 317 g/mol. The second kappa shape index (κ2) is 8.33. The lowest BCUT2D eigenvalue weighted by atomic mass is 10.3. The summed E-state index contributed by atoms with van der Waals surface area (Å²) in [7, 11) is 0. The fourth-order valence-corrected chi connectivity index (χ4v) is 2.15. The Morgan fingerprint density at radius 2 is 1.00 bits per heavy atom. The lowest BCUT2D eigenvalue weighted by molar-refractivity contribution is 0.959. The molecule has 0 aliphatic rings. The number of H-pyrrole nitrogens is 1. The number of hydrogen-bond donors (Lipinski definition) is 3. The van der Waals surface area contributed by atoms with Crippen LogP contribution in [-0.4, -0.2) is 22.1 Å². The smallest absolute Gasteiger partial charge is 0.112 e. The van der Waals surface area contributed by atoms with E-state index >= 15 is 0 Å². The predicted octanol–water partition coefficient (Wildman–Crippen LogP) is 4.13. The molecule has 120 valence electrons. The number of benzene rings is 3. The van der Waals surface area contributed by atoms with Gasteiger partial charge in [0, 0.05) is 11.4 Å². The zero-order valence-corrected chi connectivity index (χ0v) is 13.2. The first-order valence-electron chi connectivity index (χ1n) is 7.75. The maximum Gasteiger partial charge on any atom is 0.112 e. The van der Waals surface area contributed by atoms with Gasteiger partial charge in [-0.15, -0.1) is 0 Å². The minimum Gasteiger partial charge on any atom is -0.368 e. The van der Waals surface area contributed by atoms with Gasteiger partial charge >= 0.3 is 0 Å². The molecule has 0 amide bonds. The minimum absolute atomic E-state index is 0.730. The zero-order chi connectivity index (χ0) is 16.5. The molecule has 4 aromatic rings. The van der Waals surface area contributed by atoms with Gasteiger partial charge in [0.05, 0.1) is 6.67 Å². The molecule has 24 heavy (non-hydrogen) atoms. The van der Waals surface area contributed by atoms with Gasteiger partial charge < -0.3 is 10.6 Å². The molecule has 0 fully saturated rings. The van der Waals surface area contributed by atoms with E-state index in [1.165, 1.54) is 0 Å². The predicted molar refractivity (Wildman–Crippen MR) is 98.9 cm³/mol. The van der Waals surface area contributed by atoms with Crippen molar-refractivity contribution in [3.05, 3.63) is 84.9 Å². The highest BCUT2D eigenvalue weighted by Gasteiger charge is 1.91. The van der Waals surface area contributed by atoms with Crippen LogP contribution in [0.4, 0.5) is 11.4 Å². The normalized spacial score (nSPS) is 9.83. The second-order valence-corrected chi connectivity index (χ2v) is 5.07. The van der Waals surface area contributed by atoms with E-state index in [1.807, 2.05) is 84.9 Å². The first-order chi connectivity index (χ1) is 11.9. The van der Waals surface area contributed by atoms with Crippen LogP contribution in [0.25, 0.3) is 11.0 Å². The van der Waals surface area contributed by atoms with Gasteiger partial charge in [0.1, 0.15) is 11.0 Å². The number of nitrogens with one attached hydrogen (secondary N) is 3. The fourth-order valence-electron chi connectivity index (χ4n) is 2.15. The molecule has 5 nitrogen and oxygen atoms in total. The van der Waals surface area contributed by atoms with Gasteiger partial charge in [0.15, 0.2) is 0 Å². The molecule has 4 rings (SSSR count). The summed E-state index contributed by atoms with van der Waals surface area (Å²) in [5.74, 6) is 0. The number of rotatable bonds is 4. The highest BCUT2D eigenvalue weighted by molar-refractivity contribution is 5.72. The molecule has 1 heterocycles. The van der Waals surface area contributed by atoms with E-state index in [0.29, 0.717) is 0 Å². The van der Waals surface area contributed by atoms with Gasteiger partial charge in [-0.3, -0.25) is 0 Å². The number of para-hydroxylation sites is 4.